The van der Waals surface area contributed by atoms with Crippen molar-refractivity contribution < 1.29 is 4.79 Å². The summed E-state index contributed by atoms with van der Waals surface area (Å²) in [5.41, 5.74) is 6.61. The second-order valence-electron chi connectivity index (χ2n) is 6.82. The van der Waals surface area contributed by atoms with E-state index in [4.69, 9.17) is 17.3 Å². The van der Waals surface area contributed by atoms with E-state index in [1.54, 1.807) is 0 Å². The van der Waals surface area contributed by atoms with Crippen molar-refractivity contribution in [3.8, 4) is 0 Å². The summed E-state index contributed by atoms with van der Waals surface area (Å²) in [5, 5.41) is 3.90. The molecule has 24 heavy (non-hydrogen) atoms. The quantitative estimate of drug-likeness (QED) is 0.803. The predicted molar refractivity (Wildman–Crippen MR) is 103 cm³/mol. The van der Waals surface area contributed by atoms with Gasteiger partial charge in [0.25, 0.3) is 0 Å². The van der Waals surface area contributed by atoms with Gasteiger partial charge in [-0.2, -0.15) is 0 Å². The summed E-state index contributed by atoms with van der Waals surface area (Å²) in [6.45, 7) is 6.78. The van der Waals surface area contributed by atoms with E-state index in [0.717, 1.165) is 43.9 Å². The minimum absolute atomic E-state index is 0. The largest absolute Gasteiger partial charge is 0.352 e. The van der Waals surface area contributed by atoms with Crippen LogP contribution in [0.5, 0.6) is 0 Å². The third-order valence-corrected chi connectivity index (χ3v) is 4.78. The molecule has 1 aromatic rings. The van der Waals surface area contributed by atoms with Crippen molar-refractivity contribution in [2.45, 2.75) is 57.7 Å². The number of carbonyl (C=O) groups is 1. The minimum Gasteiger partial charge on any atom is -0.352 e. The number of nitrogens with one attached hydrogen (secondary N) is 1. The molecule has 1 aromatic carbocycles. The predicted octanol–water partition coefficient (Wildman–Crippen LogP) is 3.36. The molecular formula is C18H29Cl2N3O. The summed E-state index contributed by atoms with van der Waals surface area (Å²) in [4.78, 5) is 14.7. The van der Waals surface area contributed by atoms with Crippen LogP contribution in [0.2, 0.25) is 5.02 Å². The van der Waals surface area contributed by atoms with Crippen molar-refractivity contribution in [3.05, 3.63) is 34.9 Å². The van der Waals surface area contributed by atoms with Gasteiger partial charge in [-0.3, -0.25) is 9.69 Å². The molecule has 0 aliphatic carbocycles. The van der Waals surface area contributed by atoms with Gasteiger partial charge in [0.05, 0.1) is 5.54 Å². The van der Waals surface area contributed by atoms with Crippen LogP contribution in [-0.4, -0.2) is 35.5 Å². The van der Waals surface area contributed by atoms with Gasteiger partial charge >= 0.3 is 0 Å². The highest BCUT2D eigenvalue weighted by atomic mass is 35.5. The standard InChI is InChI=1S/C18H28ClN3O.ClH/c1-3-10-18(2,20)17(23)21-16-8-11-22(12-9-16)13-14-4-6-15(19)7-5-14;/h4-7,16H,3,8-13,20H2,1-2H3,(H,21,23);1H. The Kier molecular flexibility index (Phi) is 8.51. The molecule has 1 aliphatic rings. The first kappa shape index (κ1) is 21.2. The molecule has 1 unspecified atom stereocenters. The highest BCUT2D eigenvalue weighted by Gasteiger charge is 2.30. The smallest absolute Gasteiger partial charge is 0.240 e. The van der Waals surface area contributed by atoms with E-state index in [0.29, 0.717) is 6.42 Å². The lowest BCUT2D eigenvalue weighted by molar-refractivity contribution is -0.127. The van der Waals surface area contributed by atoms with Crippen molar-refractivity contribution in [3.63, 3.8) is 0 Å². The van der Waals surface area contributed by atoms with Gasteiger partial charge in [-0.15, -0.1) is 12.4 Å². The van der Waals surface area contributed by atoms with E-state index in [1.165, 1.54) is 5.56 Å². The Morgan fingerprint density at radius 1 is 1.33 bits per heavy atom. The molecule has 1 atom stereocenters. The Labute approximate surface area is 156 Å². The normalized spacial score (nSPS) is 18.5. The van der Waals surface area contributed by atoms with Gasteiger partial charge in [0, 0.05) is 30.7 Å². The van der Waals surface area contributed by atoms with Crippen LogP contribution in [0, 0.1) is 0 Å². The number of likely N-dealkylation sites (tertiary alicyclic amines) is 1. The summed E-state index contributed by atoms with van der Waals surface area (Å²) < 4.78 is 0. The summed E-state index contributed by atoms with van der Waals surface area (Å²) >= 11 is 5.92. The molecule has 0 aromatic heterocycles. The third-order valence-electron chi connectivity index (χ3n) is 4.53. The van der Waals surface area contributed by atoms with Gasteiger partial charge < -0.3 is 11.1 Å². The highest BCUT2D eigenvalue weighted by Crippen LogP contribution is 2.17. The Morgan fingerprint density at radius 3 is 2.46 bits per heavy atom. The molecule has 2 rings (SSSR count). The summed E-state index contributed by atoms with van der Waals surface area (Å²) in [6.07, 6.45) is 3.58. The molecule has 1 fully saturated rings. The maximum Gasteiger partial charge on any atom is 0.240 e. The first-order valence-corrected chi connectivity index (χ1v) is 8.85. The van der Waals surface area contributed by atoms with Gasteiger partial charge in [0.1, 0.15) is 0 Å². The summed E-state index contributed by atoms with van der Waals surface area (Å²) in [6, 6.07) is 8.24. The lowest BCUT2D eigenvalue weighted by atomic mass is 9.95. The fourth-order valence-corrected chi connectivity index (χ4v) is 3.19. The average Bonchev–Trinajstić information content (AvgIpc) is 2.51. The minimum atomic E-state index is -0.755. The van der Waals surface area contributed by atoms with Gasteiger partial charge in [-0.1, -0.05) is 37.1 Å². The molecule has 1 heterocycles. The van der Waals surface area contributed by atoms with Crippen molar-refractivity contribution in [1.29, 1.82) is 0 Å². The van der Waals surface area contributed by atoms with Crippen LogP contribution in [0.1, 0.15) is 45.1 Å². The zero-order chi connectivity index (χ0) is 16.9. The van der Waals surface area contributed by atoms with Crippen molar-refractivity contribution in [2.75, 3.05) is 13.1 Å². The molecule has 0 spiro atoms. The molecule has 1 amide bonds. The molecule has 3 N–H and O–H groups in total. The van der Waals surface area contributed by atoms with Crippen molar-refractivity contribution in [1.82, 2.24) is 10.2 Å². The SMILES string of the molecule is CCCC(C)(N)C(=O)NC1CCN(Cc2ccc(Cl)cc2)CC1.Cl. The van der Waals surface area contributed by atoms with E-state index < -0.39 is 5.54 Å². The number of halogens is 2. The van der Waals surface area contributed by atoms with Crippen LogP contribution < -0.4 is 11.1 Å². The van der Waals surface area contributed by atoms with Crippen LogP contribution in [0.3, 0.4) is 0 Å². The monoisotopic (exact) mass is 373 g/mol. The third kappa shape index (κ3) is 6.25. The number of rotatable bonds is 6. The first-order valence-electron chi connectivity index (χ1n) is 8.47. The molecule has 1 saturated heterocycles. The number of benzene rings is 1. The first-order chi connectivity index (χ1) is 10.9. The zero-order valence-corrected chi connectivity index (χ0v) is 16.1. The van der Waals surface area contributed by atoms with Gasteiger partial charge in [-0.25, -0.2) is 0 Å². The van der Waals surface area contributed by atoms with Crippen LogP contribution in [0.4, 0.5) is 0 Å². The fraction of sp³-hybridized carbons (Fsp3) is 0.611. The van der Waals surface area contributed by atoms with E-state index in [-0.39, 0.29) is 24.4 Å². The number of hydrogen-bond acceptors (Lipinski definition) is 3. The number of amides is 1. The van der Waals surface area contributed by atoms with E-state index in [1.807, 2.05) is 26.0 Å². The molecule has 136 valence electrons. The number of nitrogens with two attached hydrogens (primary N) is 1. The molecule has 0 bridgehead atoms. The molecular weight excluding hydrogens is 345 g/mol. The molecule has 6 heteroatoms. The maximum absolute atomic E-state index is 12.3. The highest BCUT2D eigenvalue weighted by molar-refractivity contribution is 6.30. The fourth-order valence-electron chi connectivity index (χ4n) is 3.07. The van der Waals surface area contributed by atoms with E-state index in [9.17, 15) is 4.79 Å². The molecule has 0 radical (unpaired) electrons. The van der Waals surface area contributed by atoms with Crippen LogP contribution in [0.15, 0.2) is 24.3 Å². The number of hydrogen-bond donors (Lipinski definition) is 2. The topological polar surface area (TPSA) is 58.4 Å². The van der Waals surface area contributed by atoms with Crippen LogP contribution in [0.25, 0.3) is 0 Å². The second kappa shape index (κ2) is 9.62. The van der Waals surface area contributed by atoms with Gasteiger partial charge in [-0.05, 0) is 43.9 Å². The number of piperidine rings is 1. The Hall–Kier alpha value is -0.810. The molecule has 4 nitrogen and oxygen atoms in total. The number of carbonyl (C=O) groups excluding carboxylic acids is 1. The van der Waals surface area contributed by atoms with Crippen LogP contribution in [-0.2, 0) is 11.3 Å². The second-order valence-corrected chi connectivity index (χ2v) is 7.25. The van der Waals surface area contributed by atoms with E-state index in [2.05, 4.69) is 22.3 Å². The summed E-state index contributed by atoms with van der Waals surface area (Å²) in [7, 11) is 0. The number of nitrogens with zero attached hydrogens (tertiary/aromatic N) is 1. The Morgan fingerprint density at radius 2 is 1.92 bits per heavy atom. The van der Waals surface area contributed by atoms with Crippen molar-refractivity contribution >= 4 is 29.9 Å². The molecule has 1 aliphatic heterocycles. The summed E-state index contributed by atoms with van der Waals surface area (Å²) in [5.74, 6) is -0.0181. The van der Waals surface area contributed by atoms with Crippen molar-refractivity contribution in [2.24, 2.45) is 5.73 Å². The van der Waals surface area contributed by atoms with E-state index >= 15 is 0 Å². The maximum atomic E-state index is 12.3. The lowest BCUT2D eigenvalue weighted by Crippen LogP contribution is -2.55. The van der Waals surface area contributed by atoms with Gasteiger partial charge in [0.2, 0.25) is 5.91 Å². The zero-order valence-electron chi connectivity index (χ0n) is 14.6. The lowest BCUT2D eigenvalue weighted by Gasteiger charge is -2.34. The average molecular weight is 374 g/mol. The van der Waals surface area contributed by atoms with Crippen LogP contribution >= 0.6 is 24.0 Å². The van der Waals surface area contributed by atoms with Gasteiger partial charge in [0.15, 0.2) is 0 Å². The Bertz CT molecular complexity index is 512. The molecule has 0 saturated carbocycles. The Balaban J connectivity index is 0.00000288.